The zero-order valence-corrected chi connectivity index (χ0v) is 24.9. The number of hydrogen-bond donors (Lipinski definition) is 4. The summed E-state index contributed by atoms with van der Waals surface area (Å²) in [5.74, 6) is -1.12. The number of aliphatic hydroxyl groups excluding tert-OH is 1. The SMILES string of the molecule is CC(C)(C)NC(=O)c1cccc(CN2CCN(C(=O)c3ccc(NC(=O)NC(CO)Cc4ccccc4)c(F)c3)CC2)c1. The van der Waals surface area contributed by atoms with Crippen molar-refractivity contribution in [3.8, 4) is 0 Å². The Morgan fingerprint density at radius 2 is 1.58 bits per heavy atom. The molecule has 1 atom stereocenters. The van der Waals surface area contributed by atoms with E-state index in [4.69, 9.17) is 0 Å². The summed E-state index contributed by atoms with van der Waals surface area (Å²) in [5, 5.41) is 17.8. The minimum atomic E-state index is -0.723. The highest BCUT2D eigenvalue weighted by molar-refractivity contribution is 5.96. The van der Waals surface area contributed by atoms with E-state index >= 15 is 0 Å². The molecule has 10 heteroatoms. The molecule has 1 heterocycles. The second-order valence-electron chi connectivity index (χ2n) is 11.8. The van der Waals surface area contributed by atoms with Crippen molar-refractivity contribution in [2.45, 2.75) is 45.3 Å². The maximum Gasteiger partial charge on any atom is 0.319 e. The van der Waals surface area contributed by atoms with E-state index in [1.165, 1.54) is 12.1 Å². The molecule has 0 aromatic heterocycles. The Morgan fingerprint density at radius 1 is 0.884 bits per heavy atom. The van der Waals surface area contributed by atoms with Crippen LogP contribution < -0.4 is 16.0 Å². The molecule has 0 spiro atoms. The van der Waals surface area contributed by atoms with Gasteiger partial charge in [-0.15, -0.1) is 0 Å². The molecule has 228 valence electrons. The fourth-order valence-corrected chi connectivity index (χ4v) is 4.93. The number of nitrogens with zero attached hydrogens (tertiary/aromatic N) is 2. The number of amides is 4. The Bertz CT molecular complexity index is 1420. The third-order valence-electron chi connectivity index (χ3n) is 7.09. The molecular weight excluding hydrogens is 549 g/mol. The first-order valence-corrected chi connectivity index (χ1v) is 14.5. The van der Waals surface area contributed by atoms with Gasteiger partial charge in [-0.05, 0) is 68.7 Å². The summed E-state index contributed by atoms with van der Waals surface area (Å²) in [6.45, 7) is 8.45. The van der Waals surface area contributed by atoms with Crippen LogP contribution in [0.1, 0.15) is 52.6 Å². The number of nitrogens with one attached hydrogen (secondary N) is 3. The van der Waals surface area contributed by atoms with Crippen LogP contribution in [-0.2, 0) is 13.0 Å². The summed E-state index contributed by atoms with van der Waals surface area (Å²) in [6, 6.07) is 19.8. The number of halogens is 1. The number of hydrogen-bond acceptors (Lipinski definition) is 5. The van der Waals surface area contributed by atoms with E-state index < -0.39 is 17.9 Å². The lowest BCUT2D eigenvalue weighted by Gasteiger charge is -2.35. The van der Waals surface area contributed by atoms with Gasteiger partial charge < -0.3 is 26.0 Å². The normalized spacial score (nSPS) is 14.6. The molecule has 0 bridgehead atoms. The fraction of sp³-hybridized carbons (Fsp3) is 0.364. The van der Waals surface area contributed by atoms with Gasteiger partial charge >= 0.3 is 6.03 Å². The van der Waals surface area contributed by atoms with Crippen LogP contribution in [0.25, 0.3) is 0 Å². The minimum Gasteiger partial charge on any atom is -0.394 e. The summed E-state index contributed by atoms with van der Waals surface area (Å²) >= 11 is 0. The van der Waals surface area contributed by atoms with Crippen molar-refractivity contribution < 1.29 is 23.9 Å². The summed E-state index contributed by atoms with van der Waals surface area (Å²) < 4.78 is 14.9. The largest absolute Gasteiger partial charge is 0.394 e. The van der Waals surface area contributed by atoms with Crippen molar-refractivity contribution >= 4 is 23.5 Å². The van der Waals surface area contributed by atoms with Crippen LogP contribution >= 0.6 is 0 Å². The van der Waals surface area contributed by atoms with Gasteiger partial charge in [0.25, 0.3) is 11.8 Å². The molecule has 1 saturated heterocycles. The van der Waals surface area contributed by atoms with Crippen LogP contribution in [0.5, 0.6) is 0 Å². The third-order valence-corrected chi connectivity index (χ3v) is 7.09. The van der Waals surface area contributed by atoms with Gasteiger partial charge in [0.05, 0.1) is 18.3 Å². The van der Waals surface area contributed by atoms with Gasteiger partial charge in [0.2, 0.25) is 0 Å². The van der Waals surface area contributed by atoms with Gasteiger partial charge in [-0.1, -0.05) is 42.5 Å². The standard InChI is InChI=1S/C33H40FN5O4/c1-33(2,3)37-30(41)25-11-7-10-24(18-25)21-38-14-16-39(17-15-38)31(42)26-12-13-29(28(34)20-26)36-32(43)35-27(22-40)19-23-8-5-4-6-9-23/h4-13,18,20,27,40H,14-17,19,21-22H2,1-3H3,(H,37,41)(H2,35,36,43). The van der Waals surface area contributed by atoms with Gasteiger partial charge in [-0.2, -0.15) is 0 Å². The van der Waals surface area contributed by atoms with Crippen molar-refractivity contribution in [2.75, 3.05) is 38.1 Å². The van der Waals surface area contributed by atoms with E-state index in [2.05, 4.69) is 20.9 Å². The Hall–Kier alpha value is -4.28. The summed E-state index contributed by atoms with van der Waals surface area (Å²) in [5.41, 5.74) is 2.39. The Labute approximate surface area is 252 Å². The van der Waals surface area contributed by atoms with Crippen LogP contribution in [0.4, 0.5) is 14.9 Å². The van der Waals surface area contributed by atoms with Gasteiger partial charge in [0.15, 0.2) is 0 Å². The molecule has 1 aliphatic heterocycles. The molecule has 0 aliphatic carbocycles. The Morgan fingerprint density at radius 3 is 2.23 bits per heavy atom. The predicted molar refractivity (Wildman–Crippen MR) is 164 cm³/mol. The van der Waals surface area contributed by atoms with Gasteiger partial charge in [-0.25, -0.2) is 9.18 Å². The topological polar surface area (TPSA) is 114 Å². The van der Waals surface area contributed by atoms with Crippen molar-refractivity contribution in [3.05, 3.63) is 101 Å². The van der Waals surface area contributed by atoms with Crippen LogP contribution in [0, 0.1) is 5.82 Å². The number of piperazine rings is 1. The quantitative estimate of drug-likeness (QED) is 0.301. The molecule has 1 fully saturated rings. The molecule has 3 aromatic rings. The number of benzene rings is 3. The van der Waals surface area contributed by atoms with E-state index in [-0.39, 0.29) is 35.2 Å². The molecule has 43 heavy (non-hydrogen) atoms. The zero-order chi connectivity index (χ0) is 31.0. The molecule has 0 saturated carbocycles. The second-order valence-corrected chi connectivity index (χ2v) is 11.8. The Balaban J connectivity index is 1.27. The van der Waals surface area contributed by atoms with Gasteiger partial charge in [-0.3, -0.25) is 14.5 Å². The molecule has 0 radical (unpaired) electrons. The van der Waals surface area contributed by atoms with Crippen LogP contribution in [-0.4, -0.2) is 77.1 Å². The van der Waals surface area contributed by atoms with E-state index in [0.29, 0.717) is 44.7 Å². The van der Waals surface area contributed by atoms with E-state index in [1.54, 1.807) is 11.0 Å². The Kier molecular flexibility index (Phi) is 10.5. The lowest BCUT2D eigenvalue weighted by atomic mass is 10.1. The zero-order valence-electron chi connectivity index (χ0n) is 24.9. The number of rotatable bonds is 9. The number of aliphatic hydroxyl groups is 1. The lowest BCUT2D eigenvalue weighted by molar-refractivity contribution is 0.0627. The highest BCUT2D eigenvalue weighted by atomic mass is 19.1. The highest BCUT2D eigenvalue weighted by Gasteiger charge is 2.24. The number of urea groups is 1. The van der Waals surface area contributed by atoms with Gasteiger partial charge in [0.1, 0.15) is 5.82 Å². The van der Waals surface area contributed by atoms with Crippen LogP contribution in [0.2, 0.25) is 0 Å². The molecule has 1 aliphatic rings. The second kappa shape index (κ2) is 14.3. The lowest BCUT2D eigenvalue weighted by Crippen LogP contribution is -2.48. The summed E-state index contributed by atoms with van der Waals surface area (Å²) in [6.07, 6.45) is 0.426. The molecule has 4 rings (SSSR count). The van der Waals surface area contributed by atoms with Crippen LogP contribution in [0.3, 0.4) is 0 Å². The predicted octanol–water partition coefficient (Wildman–Crippen LogP) is 4.04. The number of carbonyl (C=O) groups is 3. The number of anilines is 1. The molecule has 4 amide bonds. The number of carbonyl (C=O) groups excluding carboxylic acids is 3. The van der Waals surface area contributed by atoms with Crippen molar-refractivity contribution in [1.29, 1.82) is 0 Å². The first-order valence-electron chi connectivity index (χ1n) is 14.5. The maximum absolute atomic E-state index is 14.9. The maximum atomic E-state index is 14.9. The average Bonchev–Trinajstić information content (AvgIpc) is 2.97. The van der Waals surface area contributed by atoms with E-state index in [0.717, 1.165) is 17.2 Å². The first-order chi connectivity index (χ1) is 20.5. The molecule has 1 unspecified atom stereocenters. The molecule has 4 N–H and O–H groups in total. The highest BCUT2D eigenvalue weighted by Crippen LogP contribution is 2.19. The first kappa shape index (κ1) is 31.7. The molecule has 9 nitrogen and oxygen atoms in total. The van der Waals surface area contributed by atoms with Crippen LogP contribution in [0.15, 0.2) is 72.8 Å². The smallest absolute Gasteiger partial charge is 0.319 e. The minimum absolute atomic E-state index is 0.0614. The fourth-order valence-electron chi connectivity index (χ4n) is 4.93. The summed E-state index contributed by atoms with van der Waals surface area (Å²) in [4.78, 5) is 42.0. The average molecular weight is 590 g/mol. The monoisotopic (exact) mass is 589 g/mol. The van der Waals surface area contributed by atoms with Crippen molar-refractivity contribution in [2.24, 2.45) is 0 Å². The van der Waals surface area contributed by atoms with E-state index in [1.807, 2.05) is 69.3 Å². The summed E-state index contributed by atoms with van der Waals surface area (Å²) in [7, 11) is 0. The van der Waals surface area contributed by atoms with Crippen molar-refractivity contribution in [3.63, 3.8) is 0 Å². The van der Waals surface area contributed by atoms with Gasteiger partial charge in [0, 0.05) is 49.4 Å². The van der Waals surface area contributed by atoms with E-state index in [9.17, 15) is 23.9 Å². The molecular formula is C33H40FN5O4. The van der Waals surface area contributed by atoms with Crippen molar-refractivity contribution in [1.82, 2.24) is 20.4 Å². The molecule has 3 aromatic carbocycles. The third kappa shape index (κ3) is 9.36.